The van der Waals surface area contributed by atoms with Gasteiger partial charge in [0.15, 0.2) is 0 Å². The van der Waals surface area contributed by atoms with Crippen molar-refractivity contribution in [3.8, 4) is 0 Å². The molecule has 0 saturated heterocycles. The van der Waals surface area contributed by atoms with Gasteiger partial charge in [-0.2, -0.15) is 11.8 Å². The van der Waals surface area contributed by atoms with E-state index in [0.29, 0.717) is 18.6 Å². The van der Waals surface area contributed by atoms with E-state index in [9.17, 15) is 24.3 Å². The smallest absolute Gasteiger partial charge is 0.326 e. The molecule has 0 bridgehead atoms. The molecule has 0 aromatic carbocycles. The maximum Gasteiger partial charge on any atom is 0.326 e. The molecule has 0 rings (SSSR count). The topological polar surface area (TPSA) is 151 Å². The number of carbonyl (C=O) groups is 4. The number of nitrogens with two attached hydrogens (primary N) is 1. The maximum absolute atomic E-state index is 12.5. The predicted molar refractivity (Wildman–Crippen MR) is 114 cm³/mol. The van der Waals surface area contributed by atoms with Gasteiger partial charge in [-0.3, -0.25) is 14.4 Å². The van der Waals surface area contributed by atoms with Crippen LogP contribution in [-0.2, 0) is 19.2 Å². The van der Waals surface area contributed by atoms with E-state index < -0.39 is 41.8 Å². The van der Waals surface area contributed by atoms with Gasteiger partial charge in [-0.15, -0.1) is 0 Å². The molecule has 0 aromatic heterocycles. The van der Waals surface area contributed by atoms with Crippen LogP contribution in [0.5, 0.6) is 0 Å². The van der Waals surface area contributed by atoms with Crippen molar-refractivity contribution >= 4 is 35.5 Å². The van der Waals surface area contributed by atoms with Crippen LogP contribution in [0, 0.1) is 11.8 Å². The van der Waals surface area contributed by atoms with Crippen molar-refractivity contribution in [2.24, 2.45) is 17.6 Å². The molecule has 0 saturated carbocycles. The molecule has 6 N–H and O–H groups in total. The van der Waals surface area contributed by atoms with Crippen molar-refractivity contribution in [1.82, 2.24) is 16.0 Å². The van der Waals surface area contributed by atoms with E-state index in [1.807, 2.05) is 34.0 Å². The van der Waals surface area contributed by atoms with Gasteiger partial charge in [0, 0.05) is 0 Å². The van der Waals surface area contributed by atoms with Crippen molar-refractivity contribution in [3.63, 3.8) is 0 Å². The standard InChI is InChI=1S/C19H36N4O5S/c1-11(2)8-13(20)17(25)23-14(6-7-29-5)18(26)21-10-16(24)22-15(19(27)28)9-12(3)4/h11-15H,6-10,20H2,1-5H3,(H,21,26)(H,22,24)(H,23,25)(H,27,28). The number of hydrogen-bond donors (Lipinski definition) is 5. The zero-order valence-electron chi connectivity index (χ0n) is 18.0. The SMILES string of the molecule is CSCCC(NC(=O)C(N)CC(C)C)C(=O)NCC(=O)NC(CC(C)C)C(=O)O. The second-order valence-electron chi connectivity index (χ2n) is 7.88. The van der Waals surface area contributed by atoms with Crippen LogP contribution in [0.3, 0.4) is 0 Å². The van der Waals surface area contributed by atoms with Gasteiger partial charge in [0.05, 0.1) is 12.6 Å². The van der Waals surface area contributed by atoms with Crippen molar-refractivity contribution in [2.45, 2.75) is 65.1 Å². The summed E-state index contributed by atoms with van der Waals surface area (Å²) in [5.41, 5.74) is 5.87. The highest BCUT2D eigenvalue weighted by atomic mass is 32.2. The molecule has 0 aliphatic carbocycles. The lowest BCUT2D eigenvalue weighted by molar-refractivity contribution is -0.142. The van der Waals surface area contributed by atoms with Crippen LogP contribution >= 0.6 is 11.8 Å². The van der Waals surface area contributed by atoms with Crippen molar-refractivity contribution in [3.05, 3.63) is 0 Å². The quantitative estimate of drug-likeness (QED) is 0.265. The minimum Gasteiger partial charge on any atom is -0.480 e. The minimum atomic E-state index is -1.12. The van der Waals surface area contributed by atoms with E-state index >= 15 is 0 Å². The van der Waals surface area contributed by atoms with Gasteiger partial charge in [-0.05, 0) is 43.1 Å². The van der Waals surface area contributed by atoms with Gasteiger partial charge in [0.25, 0.3) is 0 Å². The van der Waals surface area contributed by atoms with E-state index in [0.717, 1.165) is 0 Å². The zero-order valence-corrected chi connectivity index (χ0v) is 18.8. The lowest BCUT2D eigenvalue weighted by Crippen LogP contribution is -2.53. The summed E-state index contributed by atoms with van der Waals surface area (Å²) in [7, 11) is 0. The maximum atomic E-state index is 12.5. The van der Waals surface area contributed by atoms with Crippen molar-refractivity contribution < 1.29 is 24.3 Å². The lowest BCUT2D eigenvalue weighted by atomic mass is 10.0. The number of hydrogen-bond acceptors (Lipinski definition) is 6. The molecular formula is C19H36N4O5S. The molecule has 168 valence electrons. The fourth-order valence-corrected chi connectivity index (χ4v) is 3.10. The summed E-state index contributed by atoms with van der Waals surface area (Å²) in [6.07, 6.45) is 3.06. The Balaban J connectivity index is 4.78. The number of amides is 3. The van der Waals surface area contributed by atoms with E-state index in [1.165, 1.54) is 11.8 Å². The number of aliphatic carboxylic acids is 1. The van der Waals surface area contributed by atoms with Crippen LogP contribution in [0.2, 0.25) is 0 Å². The van der Waals surface area contributed by atoms with Gasteiger partial charge in [0.1, 0.15) is 12.1 Å². The molecule has 3 amide bonds. The Kier molecular flexibility index (Phi) is 13.3. The van der Waals surface area contributed by atoms with Crippen LogP contribution in [0.4, 0.5) is 0 Å². The Hall–Kier alpha value is -1.81. The number of nitrogens with one attached hydrogen (secondary N) is 3. The summed E-state index contributed by atoms with van der Waals surface area (Å²) >= 11 is 1.53. The van der Waals surface area contributed by atoms with Gasteiger partial charge in [0.2, 0.25) is 17.7 Å². The summed E-state index contributed by atoms with van der Waals surface area (Å²) in [6.45, 7) is 7.24. The van der Waals surface area contributed by atoms with Crippen LogP contribution in [-0.4, -0.2) is 65.5 Å². The predicted octanol–water partition coefficient (Wildman–Crippen LogP) is 0.329. The Morgan fingerprint density at radius 1 is 0.931 bits per heavy atom. The average molecular weight is 433 g/mol. The number of rotatable bonds is 14. The monoisotopic (exact) mass is 432 g/mol. The van der Waals surface area contributed by atoms with Gasteiger partial charge in [-0.25, -0.2) is 4.79 Å². The first-order chi connectivity index (χ1) is 13.5. The summed E-state index contributed by atoms with van der Waals surface area (Å²) in [5.74, 6) is -1.67. The first-order valence-corrected chi connectivity index (χ1v) is 11.2. The second-order valence-corrected chi connectivity index (χ2v) is 8.87. The third kappa shape index (κ3) is 12.4. The van der Waals surface area contributed by atoms with E-state index in [-0.39, 0.29) is 24.8 Å². The minimum absolute atomic E-state index is 0.0900. The second kappa shape index (κ2) is 14.2. The molecule has 29 heavy (non-hydrogen) atoms. The number of carboxylic acid groups (broad SMARTS) is 1. The van der Waals surface area contributed by atoms with Crippen molar-refractivity contribution in [2.75, 3.05) is 18.6 Å². The first-order valence-electron chi connectivity index (χ1n) is 9.82. The summed E-state index contributed by atoms with van der Waals surface area (Å²) in [4.78, 5) is 48.0. The first kappa shape index (κ1) is 27.2. The molecule has 3 unspecified atom stereocenters. The third-order valence-electron chi connectivity index (χ3n) is 4.07. The lowest BCUT2D eigenvalue weighted by Gasteiger charge is -2.21. The fourth-order valence-electron chi connectivity index (χ4n) is 2.63. The molecule has 0 fully saturated rings. The summed E-state index contributed by atoms with van der Waals surface area (Å²) < 4.78 is 0. The van der Waals surface area contributed by atoms with Gasteiger partial charge >= 0.3 is 5.97 Å². The highest BCUT2D eigenvalue weighted by Crippen LogP contribution is 2.06. The largest absolute Gasteiger partial charge is 0.480 e. The van der Waals surface area contributed by atoms with E-state index in [4.69, 9.17) is 5.73 Å². The number of carbonyl (C=O) groups excluding carboxylic acids is 3. The van der Waals surface area contributed by atoms with Crippen molar-refractivity contribution in [1.29, 1.82) is 0 Å². The highest BCUT2D eigenvalue weighted by molar-refractivity contribution is 7.98. The Morgan fingerprint density at radius 3 is 2.00 bits per heavy atom. The molecular weight excluding hydrogens is 396 g/mol. The van der Waals surface area contributed by atoms with Gasteiger partial charge in [-0.1, -0.05) is 27.7 Å². The van der Waals surface area contributed by atoms with Gasteiger partial charge < -0.3 is 26.8 Å². The van der Waals surface area contributed by atoms with E-state index in [1.54, 1.807) is 0 Å². The molecule has 0 radical (unpaired) electrons. The molecule has 0 aliphatic rings. The molecule has 0 spiro atoms. The van der Waals surface area contributed by atoms with Crippen LogP contribution < -0.4 is 21.7 Å². The highest BCUT2D eigenvalue weighted by Gasteiger charge is 2.25. The Morgan fingerprint density at radius 2 is 1.52 bits per heavy atom. The number of thioether (sulfide) groups is 1. The van der Waals surface area contributed by atoms with Crippen LogP contribution in [0.1, 0.15) is 47.0 Å². The number of carboxylic acids is 1. The molecule has 0 heterocycles. The van der Waals surface area contributed by atoms with Crippen LogP contribution in [0.25, 0.3) is 0 Å². The zero-order chi connectivity index (χ0) is 22.6. The van der Waals surface area contributed by atoms with Crippen LogP contribution in [0.15, 0.2) is 0 Å². The van der Waals surface area contributed by atoms with E-state index in [2.05, 4.69) is 16.0 Å². The molecule has 9 nitrogen and oxygen atoms in total. The third-order valence-corrected chi connectivity index (χ3v) is 4.71. The Bertz CT molecular complexity index is 557. The molecule has 0 aromatic rings. The summed E-state index contributed by atoms with van der Waals surface area (Å²) in [6, 6.07) is -2.54. The Labute approximate surface area is 177 Å². The normalized spacial score (nSPS) is 14.2. The molecule has 0 aliphatic heterocycles. The molecule has 3 atom stereocenters. The molecule has 10 heteroatoms. The average Bonchev–Trinajstić information content (AvgIpc) is 2.61. The summed E-state index contributed by atoms with van der Waals surface area (Å²) in [5, 5.41) is 16.7. The fraction of sp³-hybridized carbons (Fsp3) is 0.789.